The molecule has 1 aromatic carbocycles. The summed E-state index contributed by atoms with van der Waals surface area (Å²) >= 11 is 0. The molecule has 3 aliphatic rings. The molecule has 0 bridgehead atoms. The fourth-order valence-electron chi connectivity index (χ4n) is 5.61. The van der Waals surface area contributed by atoms with Gasteiger partial charge in [-0.05, 0) is 50.3 Å². The van der Waals surface area contributed by atoms with E-state index in [1.165, 1.54) is 17.9 Å². The Bertz CT molecular complexity index is 970. The van der Waals surface area contributed by atoms with Crippen LogP contribution in [0.25, 0.3) is 10.9 Å². The average molecular weight is 336 g/mol. The lowest BCUT2D eigenvalue weighted by molar-refractivity contribution is -0.140. The molecule has 0 spiro atoms. The topological polar surface area (TPSA) is 70.2 Å². The van der Waals surface area contributed by atoms with Gasteiger partial charge < -0.3 is 9.88 Å². The van der Waals surface area contributed by atoms with Crippen LogP contribution in [0.3, 0.4) is 0 Å². The van der Waals surface area contributed by atoms with Gasteiger partial charge in [-0.2, -0.15) is 0 Å². The summed E-state index contributed by atoms with van der Waals surface area (Å²) in [4.78, 5) is 42.9. The number of aromatic amines is 1. The van der Waals surface area contributed by atoms with Crippen molar-refractivity contribution in [3.63, 3.8) is 0 Å². The molecule has 5 heteroatoms. The smallest absolute Gasteiger partial charge is 0.241 e. The van der Waals surface area contributed by atoms with Crippen LogP contribution >= 0.6 is 0 Å². The first kappa shape index (κ1) is 14.9. The minimum atomic E-state index is -1.11. The number of ketones is 2. The Hall–Kier alpha value is -2.43. The summed E-state index contributed by atoms with van der Waals surface area (Å²) in [5.41, 5.74) is 3.01. The van der Waals surface area contributed by atoms with Crippen LogP contribution in [0.5, 0.6) is 0 Å². The molecule has 1 aliphatic carbocycles. The van der Waals surface area contributed by atoms with Crippen molar-refractivity contribution >= 4 is 28.4 Å². The summed E-state index contributed by atoms with van der Waals surface area (Å²) in [7, 11) is 0. The van der Waals surface area contributed by atoms with Crippen molar-refractivity contribution < 1.29 is 14.4 Å². The predicted molar refractivity (Wildman–Crippen MR) is 92.1 cm³/mol. The molecule has 5 nitrogen and oxygen atoms in total. The van der Waals surface area contributed by atoms with Gasteiger partial charge in [0, 0.05) is 28.6 Å². The second kappa shape index (κ2) is 4.40. The molecular weight excluding hydrogens is 316 g/mol. The van der Waals surface area contributed by atoms with Gasteiger partial charge in [-0.1, -0.05) is 12.1 Å². The van der Waals surface area contributed by atoms with Crippen molar-refractivity contribution in [3.8, 4) is 0 Å². The van der Waals surface area contributed by atoms with Crippen molar-refractivity contribution in [3.05, 3.63) is 35.5 Å². The molecule has 0 radical (unpaired) electrons. The summed E-state index contributed by atoms with van der Waals surface area (Å²) in [5, 5.41) is 1.19. The van der Waals surface area contributed by atoms with Crippen LogP contribution in [0.4, 0.5) is 0 Å². The first-order chi connectivity index (χ1) is 11.8. The molecule has 0 saturated carbocycles. The number of hydrogen-bond donors (Lipinski definition) is 1. The Morgan fingerprint density at radius 3 is 2.76 bits per heavy atom. The van der Waals surface area contributed by atoms with Crippen molar-refractivity contribution in [1.29, 1.82) is 0 Å². The number of carbonyl (C=O) groups is 3. The lowest BCUT2D eigenvalue weighted by Gasteiger charge is -2.37. The Morgan fingerprint density at radius 1 is 1.28 bits per heavy atom. The van der Waals surface area contributed by atoms with Gasteiger partial charge >= 0.3 is 0 Å². The van der Waals surface area contributed by atoms with Gasteiger partial charge in [-0.3, -0.25) is 14.4 Å². The quantitative estimate of drug-likeness (QED) is 0.812. The number of nitrogens with one attached hydrogen (secondary N) is 1. The van der Waals surface area contributed by atoms with E-state index in [-0.39, 0.29) is 29.3 Å². The number of aromatic nitrogens is 1. The molecule has 1 aromatic heterocycles. The molecule has 25 heavy (non-hydrogen) atoms. The molecule has 5 rings (SSSR count). The molecule has 4 atom stereocenters. The third-order valence-corrected chi connectivity index (χ3v) is 6.67. The summed E-state index contributed by atoms with van der Waals surface area (Å²) in [6.07, 6.45) is 2.83. The largest absolute Gasteiger partial charge is 0.361 e. The van der Waals surface area contributed by atoms with Crippen molar-refractivity contribution in [2.24, 2.45) is 11.8 Å². The van der Waals surface area contributed by atoms with Gasteiger partial charge in [0.15, 0.2) is 11.7 Å². The monoisotopic (exact) mass is 336 g/mol. The highest BCUT2D eigenvalue weighted by Gasteiger charge is 2.66. The van der Waals surface area contributed by atoms with E-state index in [0.717, 1.165) is 17.5 Å². The van der Waals surface area contributed by atoms with Crippen LogP contribution in [0.2, 0.25) is 0 Å². The Balaban J connectivity index is 1.75. The molecule has 1 unspecified atom stereocenters. The molecule has 2 aromatic rings. The van der Waals surface area contributed by atoms with Gasteiger partial charge in [0.2, 0.25) is 5.91 Å². The number of amides is 1. The molecule has 1 N–H and O–H groups in total. The van der Waals surface area contributed by atoms with Gasteiger partial charge in [0.05, 0.1) is 6.04 Å². The number of hydrogen-bond acceptors (Lipinski definition) is 3. The van der Waals surface area contributed by atoms with Crippen molar-refractivity contribution in [2.45, 2.75) is 44.7 Å². The lowest BCUT2D eigenvalue weighted by atomic mass is 9.68. The molecular formula is C20H20N2O3. The first-order valence-electron chi connectivity index (χ1n) is 8.80. The molecule has 128 valence electrons. The van der Waals surface area contributed by atoms with Crippen LogP contribution in [-0.2, 0) is 20.8 Å². The van der Waals surface area contributed by atoms with Gasteiger partial charge in [0.1, 0.15) is 5.78 Å². The van der Waals surface area contributed by atoms with E-state index in [2.05, 4.69) is 11.1 Å². The fourth-order valence-corrected chi connectivity index (χ4v) is 5.61. The zero-order valence-electron chi connectivity index (χ0n) is 14.5. The Labute approximate surface area is 145 Å². The zero-order valence-corrected chi connectivity index (χ0v) is 14.5. The highest BCUT2D eigenvalue weighted by atomic mass is 16.2. The highest BCUT2D eigenvalue weighted by Crippen LogP contribution is 2.57. The molecule has 2 fully saturated rings. The molecule has 2 saturated heterocycles. The Morgan fingerprint density at radius 2 is 2.04 bits per heavy atom. The molecule has 1 amide bonds. The third-order valence-electron chi connectivity index (χ3n) is 6.67. The van der Waals surface area contributed by atoms with Crippen molar-refractivity contribution in [2.75, 3.05) is 0 Å². The summed E-state index contributed by atoms with van der Waals surface area (Å²) < 4.78 is 0. The molecule has 2 aliphatic heterocycles. The second-order valence-electron chi connectivity index (χ2n) is 8.17. The maximum atomic E-state index is 13.0. The summed E-state index contributed by atoms with van der Waals surface area (Å²) in [6, 6.07) is 5.70. The van der Waals surface area contributed by atoms with Crippen LogP contribution in [0.1, 0.15) is 37.8 Å². The number of fused-ring (bicyclic) bond motifs is 4. The van der Waals surface area contributed by atoms with Gasteiger partial charge in [-0.15, -0.1) is 0 Å². The van der Waals surface area contributed by atoms with E-state index in [1.807, 2.05) is 32.2 Å². The summed E-state index contributed by atoms with van der Waals surface area (Å²) in [5.74, 6) is -1.85. The van der Waals surface area contributed by atoms with E-state index in [0.29, 0.717) is 0 Å². The Kier molecular flexibility index (Phi) is 2.61. The number of Topliss-reactive ketones (excluding diaryl/α,β-unsaturated/α-hetero) is 2. The van der Waals surface area contributed by atoms with E-state index in [9.17, 15) is 14.4 Å². The molecule has 3 heterocycles. The number of H-pyrrole nitrogens is 1. The standard InChI is InChI=1S/C20H20N2O3/c1-9(23)14-18(24)17-16-11-8-21-13-6-4-5-10(15(11)13)7-12(16)20(2,3)22(17)19(14)25/h4-6,8,12,14,16-17,21H,7H2,1-3H3/t12-,14?,16+,17+/m1/s1. The number of rotatable bonds is 1. The van der Waals surface area contributed by atoms with E-state index >= 15 is 0 Å². The maximum absolute atomic E-state index is 13.0. The van der Waals surface area contributed by atoms with Crippen LogP contribution in [0.15, 0.2) is 24.4 Å². The number of nitrogens with zero attached hydrogens (tertiary/aromatic N) is 1. The highest BCUT2D eigenvalue weighted by molar-refractivity contribution is 6.24. The second-order valence-corrected chi connectivity index (χ2v) is 8.17. The van der Waals surface area contributed by atoms with Crippen molar-refractivity contribution in [1.82, 2.24) is 9.88 Å². The lowest BCUT2D eigenvalue weighted by Crippen LogP contribution is -2.47. The van der Waals surface area contributed by atoms with E-state index in [4.69, 9.17) is 0 Å². The van der Waals surface area contributed by atoms with Gasteiger partial charge in [-0.25, -0.2) is 0 Å². The minimum absolute atomic E-state index is 0.0422. The average Bonchev–Trinajstić information content (AvgIpc) is 3.14. The van der Waals surface area contributed by atoms with E-state index in [1.54, 1.807) is 4.90 Å². The predicted octanol–water partition coefficient (Wildman–Crippen LogP) is 2.20. The SMILES string of the molecule is CC(=O)C1C(=O)[C@@H]2[C@H]3c4c[nH]c5cccc(c45)C[C@H]3C(C)(C)N2C1=O. The van der Waals surface area contributed by atoms with Crippen LogP contribution < -0.4 is 0 Å². The first-order valence-corrected chi connectivity index (χ1v) is 8.80. The third kappa shape index (κ3) is 1.57. The zero-order chi connectivity index (χ0) is 17.7. The fraction of sp³-hybridized carbons (Fsp3) is 0.450. The number of benzene rings is 1. The van der Waals surface area contributed by atoms with Crippen LogP contribution in [-0.4, -0.2) is 38.9 Å². The maximum Gasteiger partial charge on any atom is 0.241 e. The summed E-state index contributed by atoms with van der Waals surface area (Å²) in [6.45, 7) is 5.42. The normalized spacial score (nSPS) is 32.2. The number of carbonyl (C=O) groups excluding carboxylic acids is 3. The minimum Gasteiger partial charge on any atom is -0.361 e. The van der Waals surface area contributed by atoms with Crippen LogP contribution in [0, 0.1) is 11.8 Å². The van der Waals surface area contributed by atoms with E-state index < -0.39 is 17.5 Å². The van der Waals surface area contributed by atoms with Gasteiger partial charge in [0.25, 0.3) is 0 Å².